The molecule has 0 spiro atoms. The van der Waals surface area contributed by atoms with Crippen LogP contribution in [0.1, 0.15) is 16.2 Å². The van der Waals surface area contributed by atoms with E-state index in [1.54, 1.807) is 25.5 Å². The predicted octanol–water partition coefficient (Wildman–Crippen LogP) is 4.29. The first-order chi connectivity index (χ1) is 15.4. The number of rotatable bonds is 6. The minimum absolute atomic E-state index is 0.0657. The molecule has 4 heterocycles. The molecule has 0 atom stereocenters. The van der Waals surface area contributed by atoms with E-state index in [0.717, 1.165) is 39.6 Å². The number of pyridine rings is 4. The molecule has 4 rings (SSSR count). The van der Waals surface area contributed by atoms with Crippen molar-refractivity contribution in [2.75, 3.05) is 17.7 Å². The second-order valence-corrected chi connectivity index (χ2v) is 6.80. The lowest BCUT2D eigenvalue weighted by Gasteiger charge is -2.11. The molecule has 8 nitrogen and oxygen atoms in total. The van der Waals surface area contributed by atoms with Crippen LogP contribution in [0.15, 0.2) is 55.1 Å². The summed E-state index contributed by atoms with van der Waals surface area (Å²) in [6, 6.07) is 7.94. The van der Waals surface area contributed by atoms with Crippen molar-refractivity contribution in [1.29, 1.82) is 0 Å². The van der Waals surface area contributed by atoms with Crippen LogP contribution < -0.4 is 15.4 Å². The van der Waals surface area contributed by atoms with Gasteiger partial charge in [-0.25, -0.2) is 4.98 Å². The zero-order chi connectivity index (χ0) is 22.7. The monoisotopic (exact) mass is 436 g/mol. The highest BCUT2D eigenvalue weighted by Crippen LogP contribution is 2.27. The molecule has 0 unspecified atom stereocenters. The molecule has 0 fully saturated rings. The Kier molecular flexibility index (Phi) is 5.84. The molecule has 10 heteroatoms. The lowest BCUT2D eigenvalue weighted by atomic mass is 10.0. The van der Waals surface area contributed by atoms with Crippen molar-refractivity contribution < 1.29 is 18.3 Å². The number of anilines is 2. The number of carbonyl (C=O) groups excluding carboxylic acids is 1. The molecule has 162 valence electrons. The second-order valence-electron chi connectivity index (χ2n) is 6.80. The van der Waals surface area contributed by atoms with Crippen LogP contribution in [0.4, 0.5) is 20.3 Å². The molecule has 2 N–H and O–H groups in total. The SMILES string of the molecule is CNc1cc2ncc(-c3cc(NC(=O)c4cc(OC(F)F)ccn4)cnc3C)cc2cn1. The maximum absolute atomic E-state index is 12.5. The highest BCUT2D eigenvalue weighted by atomic mass is 19.3. The number of nitrogens with one attached hydrogen (secondary N) is 2. The van der Waals surface area contributed by atoms with E-state index in [9.17, 15) is 13.6 Å². The maximum atomic E-state index is 12.5. The van der Waals surface area contributed by atoms with E-state index in [4.69, 9.17) is 0 Å². The number of nitrogens with zero attached hydrogens (tertiary/aromatic N) is 4. The Hall–Kier alpha value is -4.21. The van der Waals surface area contributed by atoms with Gasteiger partial charge in [0.05, 0.1) is 17.4 Å². The van der Waals surface area contributed by atoms with Crippen molar-refractivity contribution in [3.8, 4) is 16.9 Å². The number of hydrogen-bond donors (Lipinski definition) is 2. The molecule has 4 aromatic rings. The van der Waals surface area contributed by atoms with Gasteiger partial charge < -0.3 is 15.4 Å². The van der Waals surface area contributed by atoms with Crippen LogP contribution in [0.25, 0.3) is 22.0 Å². The normalized spacial score (nSPS) is 10.9. The van der Waals surface area contributed by atoms with Crippen LogP contribution in [0.3, 0.4) is 0 Å². The largest absolute Gasteiger partial charge is 0.435 e. The van der Waals surface area contributed by atoms with Gasteiger partial charge in [-0.3, -0.25) is 19.7 Å². The number of aromatic nitrogens is 4. The summed E-state index contributed by atoms with van der Waals surface area (Å²) in [6.07, 6.45) is 6.18. The smallest absolute Gasteiger partial charge is 0.387 e. The standard InChI is InChI=1S/C22H18F2N6O2/c1-12-17(13-5-14-10-29-20(25-2)8-18(14)28-9-13)6-15(11-27-12)30-21(31)19-7-16(3-4-26-19)32-22(23)24/h3-11,22H,1-2H3,(H,25,29)(H,30,31). The minimum atomic E-state index is -2.99. The van der Waals surface area contributed by atoms with E-state index >= 15 is 0 Å². The Morgan fingerprint density at radius 1 is 1.03 bits per heavy atom. The molecular formula is C22H18F2N6O2. The molecule has 0 aliphatic rings. The van der Waals surface area contributed by atoms with E-state index < -0.39 is 12.5 Å². The van der Waals surface area contributed by atoms with Gasteiger partial charge in [-0.1, -0.05) is 0 Å². The second kappa shape index (κ2) is 8.88. The van der Waals surface area contributed by atoms with Crippen molar-refractivity contribution in [3.05, 3.63) is 66.5 Å². The molecule has 0 saturated heterocycles. The summed E-state index contributed by atoms with van der Waals surface area (Å²) in [7, 11) is 1.79. The van der Waals surface area contributed by atoms with Gasteiger partial charge in [-0.2, -0.15) is 8.78 Å². The first-order valence-electron chi connectivity index (χ1n) is 9.56. The number of aryl methyl sites for hydroxylation is 1. The highest BCUT2D eigenvalue weighted by Gasteiger charge is 2.13. The fourth-order valence-electron chi connectivity index (χ4n) is 3.11. The Morgan fingerprint density at radius 2 is 1.88 bits per heavy atom. The van der Waals surface area contributed by atoms with Crippen molar-refractivity contribution >= 4 is 28.3 Å². The van der Waals surface area contributed by atoms with E-state index in [-0.39, 0.29) is 11.4 Å². The maximum Gasteiger partial charge on any atom is 0.387 e. The summed E-state index contributed by atoms with van der Waals surface area (Å²) in [5, 5.41) is 6.51. The third kappa shape index (κ3) is 4.59. The summed E-state index contributed by atoms with van der Waals surface area (Å²) in [4.78, 5) is 29.6. The lowest BCUT2D eigenvalue weighted by Crippen LogP contribution is -2.14. The summed E-state index contributed by atoms with van der Waals surface area (Å²) in [5.74, 6) is -0.0150. The molecule has 0 aliphatic heterocycles. The summed E-state index contributed by atoms with van der Waals surface area (Å²) in [5.41, 5.74) is 3.47. The van der Waals surface area contributed by atoms with Crippen LogP contribution >= 0.6 is 0 Å². The fraction of sp³-hybridized carbons (Fsp3) is 0.136. The molecule has 4 aromatic heterocycles. The average Bonchev–Trinajstić information content (AvgIpc) is 2.79. The fourth-order valence-corrected chi connectivity index (χ4v) is 3.11. The first kappa shape index (κ1) is 21.0. The van der Waals surface area contributed by atoms with E-state index in [0.29, 0.717) is 5.69 Å². The molecule has 0 bridgehead atoms. The number of carbonyl (C=O) groups is 1. The Bertz CT molecular complexity index is 1300. The van der Waals surface area contributed by atoms with Gasteiger partial charge >= 0.3 is 6.61 Å². The molecule has 0 aromatic carbocycles. The molecule has 32 heavy (non-hydrogen) atoms. The number of ether oxygens (including phenoxy) is 1. The number of fused-ring (bicyclic) bond motifs is 1. The van der Waals surface area contributed by atoms with Crippen LogP contribution in [0, 0.1) is 6.92 Å². The van der Waals surface area contributed by atoms with E-state index in [2.05, 4.69) is 35.3 Å². The quantitative estimate of drug-likeness (QED) is 0.465. The highest BCUT2D eigenvalue weighted by molar-refractivity contribution is 6.03. The molecule has 1 amide bonds. The average molecular weight is 436 g/mol. The molecule has 0 aliphatic carbocycles. The zero-order valence-corrected chi connectivity index (χ0v) is 17.1. The zero-order valence-electron chi connectivity index (χ0n) is 17.1. The van der Waals surface area contributed by atoms with Gasteiger partial charge in [0, 0.05) is 60.0 Å². The lowest BCUT2D eigenvalue weighted by molar-refractivity contribution is -0.0499. The first-order valence-corrected chi connectivity index (χ1v) is 9.56. The number of hydrogen-bond acceptors (Lipinski definition) is 7. The molecular weight excluding hydrogens is 418 g/mol. The van der Waals surface area contributed by atoms with Gasteiger partial charge in [-0.05, 0) is 25.1 Å². The predicted molar refractivity (Wildman–Crippen MR) is 116 cm³/mol. The molecule has 0 saturated carbocycles. The van der Waals surface area contributed by atoms with Gasteiger partial charge in [0.15, 0.2) is 0 Å². The van der Waals surface area contributed by atoms with E-state index in [1.807, 2.05) is 19.1 Å². The Balaban J connectivity index is 1.60. The number of alkyl halides is 2. The minimum Gasteiger partial charge on any atom is -0.435 e. The van der Waals surface area contributed by atoms with Crippen LogP contribution in [0.5, 0.6) is 5.75 Å². The van der Waals surface area contributed by atoms with Crippen LogP contribution in [0.2, 0.25) is 0 Å². The van der Waals surface area contributed by atoms with Gasteiger partial charge in [0.2, 0.25) is 0 Å². The number of amides is 1. The third-order valence-electron chi connectivity index (χ3n) is 4.67. The Morgan fingerprint density at radius 3 is 2.66 bits per heavy atom. The topological polar surface area (TPSA) is 102 Å². The summed E-state index contributed by atoms with van der Waals surface area (Å²) in [6.45, 7) is -1.15. The van der Waals surface area contributed by atoms with Crippen LogP contribution in [-0.4, -0.2) is 39.5 Å². The van der Waals surface area contributed by atoms with Gasteiger partial charge in [-0.15, -0.1) is 0 Å². The third-order valence-corrected chi connectivity index (χ3v) is 4.67. The van der Waals surface area contributed by atoms with Crippen molar-refractivity contribution in [3.63, 3.8) is 0 Å². The molecule has 0 radical (unpaired) electrons. The Labute approximate surface area is 181 Å². The summed E-state index contributed by atoms with van der Waals surface area (Å²) < 4.78 is 29.1. The van der Waals surface area contributed by atoms with Crippen LogP contribution in [-0.2, 0) is 0 Å². The van der Waals surface area contributed by atoms with E-state index in [1.165, 1.54) is 18.5 Å². The van der Waals surface area contributed by atoms with Gasteiger partial charge in [0.1, 0.15) is 17.3 Å². The van der Waals surface area contributed by atoms with Gasteiger partial charge in [0.25, 0.3) is 5.91 Å². The summed E-state index contributed by atoms with van der Waals surface area (Å²) >= 11 is 0. The number of halogens is 2. The van der Waals surface area contributed by atoms with Crippen molar-refractivity contribution in [2.45, 2.75) is 13.5 Å². The van der Waals surface area contributed by atoms with Crippen molar-refractivity contribution in [1.82, 2.24) is 19.9 Å². The van der Waals surface area contributed by atoms with Crippen molar-refractivity contribution in [2.24, 2.45) is 0 Å².